The van der Waals surface area contributed by atoms with Gasteiger partial charge in [0.2, 0.25) is 5.95 Å². The number of benzene rings is 1. The molecule has 1 aliphatic heterocycles. The second-order valence-electron chi connectivity index (χ2n) is 5.19. The predicted octanol–water partition coefficient (Wildman–Crippen LogP) is 1.52. The molecule has 2 unspecified atom stereocenters. The smallest absolute Gasteiger partial charge is 0.314 e. The van der Waals surface area contributed by atoms with E-state index in [0.717, 1.165) is 5.56 Å². The zero-order chi connectivity index (χ0) is 14.3. The van der Waals surface area contributed by atoms with Crippen LogP contribution in [0, 0.1) is 6.92 Å². The SMILES string of the molecule is Cc1ccccc1C1CC(C(=O)O)c2nc(N)nn2C1. The van der Waals surface area contributed by atoms with Crippen molar-refractivity contribution in [1.29, 1.82) is 0 Å². The molecule has 1 aromatic carbocycles. The van der Waals surface area contributed by atoms with E-state index in [4.69, 9.17) is 5.73 Å². The maximum atomic E-state index is 11.5. The fourth-order valence-corrected chi connectivity index (χ4v) is 2.92. The van der Waals surface area contributed by atoms with Gasteiger partial charge in [0.15, 0.2) is 0 Å². The van der Waals surface area contributed by atoms with E-state index < -0.39 is 11.9 Å². The lowest BCUT2D eigenvalue weighted by molar-refractivity contribution is -0.139. The highest BCUT2D eigenvalue weighted by atomic mass is 16.4. The number of nitrogens with two attached hydrogens (primary N) is 1. The van der Waals surface area contributed by atoms with Crippen LogP contribution in [-0.2, 0) is 11.3 Å². The van der Waals surface area contributed by atoms with Gasteiger partial charge in [0, 0.05) is 5.92 Å². The summed E-state index contributed by atoms with van der Waals surface area (Å²) in [6.45, 7) is 2.66. The number of anilines is 1. The minimum atomic E-state index is -0.878. The number of aromatic nitrogens is 3. The molecule has 1 aromatic heterocycles. The molecule has 3 N–H and O–H groups in total. The van der Waals surface area contributed by atoms with Crippen molar-refractivity contribution >= 4 is 11.9 Å². The predicted molar refractivity (Wildman–Crippen MR) is 73.3 cm³/mol. The molecule has 0 spiro atoms. The Morgan fingerprint density at radius 1 is 1.45 bits per heavy atom. The van der Waals surface area contributed by atoms with Crippen molar-refractivity contribution in [3.8, 4) is 0 Å². The number of carboxylic acid groups (broad SMARTS) is 1. The number of aryl methyl sites for hydroxylation is 1. The molecule has 6 nitrogen and oxygen atoms in total. The molecule has 2 heterocycles. The highest BCUT2D eigenvalue weighted by molar-refractivity contribution is 5.75. The number of rotatable bonds is 2. The number of carbonyl (C=O) groups is 1. The molecule has 0 saturated carbocycles. The first-order valence-electron chi connectivity index (χ1n) is 6.55. The van der Waals surface area contributed by atoms with E-state index in [0.29, 0.717) is 18.8 Å². The maximum Gasteiger partial charge on any atom is 0.314 e. The van der Waals surface area contributed by atoms with Gasteiger partial charge in [-0.15, -0.1) is 5.10 Å². The van der Waals surface area contributed by atoms with Crippen molar-refractivity contribution in [2.75, 3.05) is 5.73 Å². The molecular weight excluding hydrogens is 256 g/mol. The molecule has 0 saturated heterocycles. The topological polar surface area (TPSA) is 94.0 Å². The Hall–Kier alpha value is -2.37. The molecule has 2 aromatic rings. The van der Waals surface area contributed by atoms with Gasteiger partial charge in [-0.1, -0.05) is 24.3 Å². The Morgan fingerprint density at radius 2 is 2.20 bits per heavy atom. The van der Waals surface area contributed by atoms with Crippen LogP contribution in [0.4, 0.5) is 5.95 Å². The summed E-state index contributed by atoms with van der Waals surface area (Å²) < 4.78 is 1.63. The van der Waals surface area contributed by atoms with Gasteiger partial charge >= 0.3 is 5.97 Å². The fourth-order valence-electron chi connectivity index (χ4n) is 2.92. The van der Waals surface area contributed by atoms with E-state index in [1.807, 2.05) is 31.2 Å². The monoisotopic (exact) mass is 272 g/mol. The van der Waals surface area contributed by atoms with Crippen LogP contribution >= 0.6 is 0 Å². The molecule has 20 heavy (non-hydrogen) atoms. The van der Waals surface area contributed by atoms with Gasteiger partial charge in [0.25, 0.3) is 0 Å². The van der Waals surface area contributed by atoms with E-state index in [2.05, 4.69) is 10.1 Å². The molecule has 0 radical (unpaired) electrons. The summed E-state index contributed by atoms with van der Waals surface area (Å²) in [5.74, 6) is -0.822. The fraction of sp³-hybridized carbons (Fsp3) is 0.357. The van der Waals surface area contributed by atoms with Gasteiger partial charge in [0.05, 0.1) is 6.54 Å². The van der Waals surface area contributed by atoms with Crippen molar-refractivity contribution in [2.24, 2.45) is 0 Å². The number of fused-ring (bicyclic) bond motifs is 1. The number of carboxylic acids is 1. The third-order valence-electron chi connectivity index (χ3n) is 3.87. The normalized spacial score (nSPS) is 21.4. The van der Waals surface area contributed by atoms with E-state index in [9.17, 15) is 9.90 Å². The lowest BCUT2D eigenvalue weighted by Crippen LogP contribution is -2.28. The molecule has 6 heteroatoms. The van der Waals surface area contributed by atoms with Crippen LogP contribution in [-0.4, -0.2) is 25.8 Å². The van der Waals surface area contributed by atoms with Crippen molar-refractivity contribution in [3.05, 3.63) is 41.2 Å². The molecule has 0 aliphatic carbocycles. The summed E-state index contributed by atoms with van der Waals surface area (Å²) in [6.07, 6.45) is 0.526. The molecule has 3 rings (SSSR count). The first-order chi connectivity index (χ1) is 9.56. The summed E-state index contributed by atoms with van der Waals surface area (Å²) in [5.41, 5.74) is 7.93. The maximum absolute atomic E-state index is 11.5. The Balaban J connectivity index is 2.02. The quantitative estimate of drug-likeness (QED) is 0.864. The van der Waals surface area contributed by atoms with Gasteiger partial charge in [0.1, 0.15) is 11.7 Å². The molecule has 1 aliphatic rings. The number of nitrogen functional groups attached to an aromatic ring is 1. The zero-order valence-corrected chi connectivity index (χ0v) is 11.2. The van der Waals surface area contributed by atoms with Gasteiger partial charge in [-0.05, 0) is 24.5 Å². The van der Waals surface area contributed by atoms with Crippen molar-refractivity contribution in [2.45, 2.75) is 31.7 Å². The second-order valence-corrected chi connectivity index (χ2v) is 5.19. The number of hydrogen-bond donors (Lipinski definition) is 2. The van der Waals surface area contributed by atoms with Gasteiger partial charge in [-0.3, -0.25) is 4.79 Å². The van der Waals surface area contributed by atoms with Gasteiger partial charge in [-0.25, -0.2) is 4.68 Å². The van der Waals surface area contributed by atoms with Crippen LogP contribution in [0.3, 0.4) is 0 Å². The second kappa shape index (κ2) is 4.63. The summed E-state index contributed by atoms with van der Waals surface area (Å²) in [4.78, 5) is 15.5. The molecule has 0 bridgehead atoms. The third-order valence-corrected chi connectivity index (χ3v) is 3.87. The average molecular weight is 272 g/mol. The summed E-state index contributed by atoms with van der Waals surface area (Å²) in [5, 5.41) is 13.5. The molecule has 104 valence electrons. The summed E-state index contributed by atoms with van der Waals surface area (Å²) in [6, 6.07) is 8.04. The van der Waals surface area contributed by atoms with Crippen LogP contribution in [0.5, 0.6) is 0 Å². The zero-order valence-electron chi connectivity index (χ0n) is 11.2. The summed E-state index contributed by atoms with van der Waals surface area (Å²) in [7, 11) is 0. The molecular formula is C14H16N4O2. The third kappa shape index (κ3) is 2.03. The Bertz CT molecular complexity index is 665. The van der Waals surface area contributed by atoms with Gasteiger partial charge in [-0.2, -0.15) is 4.98 Å². The van der Waals surface area contributed by atoms with E-state index in [-0.39, 0.29) is 11.9 Å². The largest absolute Gasteiger partial charge is 0.481 e. The van der Waals surface area contributed by atoms with Crippen molar-refractivity contribution in [3.63, 3.8) is 0 Å². The highest BCUT2D eigenvalue weighted by Gasteiger charge is 2.35. The highest BCUT2D eigenvalue weighted by Crippen LogP contribution is 2.36. The first kappa shape index (κ1) is 12.7. The van der Waals surface area contributed by atoms with Crippen LogP contribution in [0.25, 0.3) is 0 Å². The number of hydrogen-bond acceptors (Lipinski definition) is 4. The van der Waals surface area contributed by atoms with Gasteiger partial charge < -0.3 is 10.8 Å². The molecule has 0 amide bonds. The van der Waals surface area contributed by atoms with E-state index in [1.54, 1.807) is 4.68 Å². The van der Waals surface area contributed by atoms with Crippen LogP contribution < -0.4 is 5.73 Å². The standard InChI is InChI=1S/C14H16N4O2/c1-8-4-2-3-5-10(8)9-6-11(13(19)20)12-16-14(15)17-18(12)7-9/h2-5,9,11H,6-7H2,1H3,(H2,15,17)(H,19,20). The van der Waals surface area contributed by atoms with Crippen LogP contribution in [0.1, 0.15) is 35.2 Å². The lowest BCUT2D eigenvalue weighted by Gasteiger charge is -2.28. The van der Waals surface area contributed by atoms with E-state index >= 15 is 0 Å². The number of aliphatic carboxylic acids is 1. The molecule has 2 atom stereocenters. The van der Waals surface area contributed by atoms with Crippen LogP contribution in [0.2, 0.25) is 0 Å². The minimum Gasteiger partial charge on any atom is -0.481 e. The van der Waals surface area contributed by atoms with E-state index in [1.165, 1.54) is 5.56 Å². The Labute approximate surface area is 116 Å². The average Bonchev–Trinajstić information content (AvgIpc) is 2.77. The van der Waals surface area contributed by atoms with Crippen molar-refractivity contribution < 1.29 is 9.90 Å². The van der Waals surface area contributed by atoms with Crippen LogP contribution in [0.15, 0.2) is 24.3 Å². The Kier molecular flexibility index (Phi) is 2.93. The Morgan fingerprint density at radius 3 is 2.90 bits per heavy atom. The minimum absolute atomic E-state index is 0.117. The molecule has 0 fully saturated rings. The lowest BCUT2D eigenvalue weighted by atomic mass is 9.84. The first-order valence-corrected chi connectivity index (χ1v) is 6.55. The van der Waals surface area contributed by atoms with Crippen molar-refractivity contribution in [1.82, 2.24) is 14.8 Å². The number of nitrogens with zero attached hydrogens (tertiary/aromatic N) is 3. The summed E-state index contributed by atoms with van der Waals surface area (Å²) >= 11 is 0.